The molecule has 0 aliphatic rings. The van der Waals surface area contributed by atoms with Crippen molar-refractivity contribution in [3.8, 4) is 0 Å². The molecule has 20 heavy (non-hydrogen) atoms. The van der Waals surface area contributed by atoms with E-state index in [2.05, 4.69) is 0 Å². The maximum Gasteiger partial charge on any atom is 0.270 e. The maximum atomic E-state index is 10.8. The second-order valence-corrected chi connectivity index (χ2v) is 4.39. The van der Waals surface area contributed by atoms with E-state index in [1.807, 2.05) is 0 Å². The van der Waals surface area contributed by atoms with Crippen LogP contribution in [0.5, 0.6) is 0 Å². The zero-order valence-electron chi connectivity index (χ0n) is 10.1. The molecule has 0 N–H and O–H groups in total. The Kier molecular flexibility index (Phi) is 2.57. The Balaban J connectivity index is 2.31. The van der Waals surface area contributed by atoms with Gasteiger partial charge >= 0.3 is 0 Å². The molecule has 0 aliphatic carbocycles. The third kappa shape index (κ3) is 1.83. The van der Waals surface area contributed by atoms with Gasteiger partial charge in [-0.15, -0.1) is 0 Å². The molecule has 0 saturated heterocycles. The topological polar surface area (TPSA) is 86.3 Å². The van der Waals surface area contributed by atoms with Crippen LogP contribution in [0.15, 0.2) is 48.5 Å². The fraction of sp³-hybridized carbons (Fsp3) is 0. The first-order valence-electron chi connectivity index (χ1n) is 5.81. The van der Waals surface area contributed by atoms with E-state index < -0.39 is 9.85 Å². The summed E-state index contributed by atoms with van der Waals surface area (Å²) in [5, 5.41) is 24.7. The van der Waals surface area contributed by atoms with E-state index in [4.69, 9.17) is 0 Å². The van der Waals surface area contributed by atoms with Crippen molar-refractivity contribution in [2.75, 3.05) is 0 Å². The Morgan fingerprint density at radius 2 is 1.05 bits per heavy atom. The second-order valence-electron chi connectivity index (χ2n) is 4.39. The Morgan fingerprint density at radius 3 is 1.40 bits per heavy atom. The molecule has 0 fully saturated rings. The molecule has 0 atom stereocenters. The molecule has 0 unspecified atom stereocenters. The van der Waals surface area contributed by atoms with Crippen molar-refractivity contribution >= 4 is 32.9 Å². The first-order chi connectivity index (χ1) is 9.56. The number of benzene rings is 3. The summed E-state index contributed by atoms with van der Waals surface area (Å²) < 4.78 is 0. The lowest BCUT2D eigenvalue weighted by Crippen LogP contribution is -1.89. The van der Waals surface area contributed by atoms with Gasteiger partial charge in [-0.3, -0.25) is 20.2 Å². The van der Waals surface area contributed by atoms with E-state index in [1.165, 1.54) is 24.3 Å². The molecule has 0 aromatic heterocycles. The van der Waals surface area contributed by atoms with Crippen molar-refractivity contribution in [2.24, 2.45) is 0 Å². The van der Waals surface area contributed by atoms with Crippen LogP contribution in [0, 0.1) is 20.2 Å². The van der Waals surface area contributed by atoms with E-state index in [9.17, 15) is 20.2 Å². The van der Waals surface area contributed by atoms with Crippen LogP contribution in [0.2, 0.25) is 0 Å². The zero-order valence-corrected chi connectivity index (χ0v) is 10.1. The summed E-state index contributed by atoms with van der Waals surface area (Å²) in [7, 11) is 0. The van der Waals surface area contributed by atoms with E-state index in [1.54, 1.807) is 24.3 Å². The van der Waals surface area contributed by atoms with Gasteiger partial charge in [0.1, 0.15) is 0 Å². The van der Waals surface area contributed by atoms with Crippen molar-refractivity contribution in [1.29, 1.82) is 0 Å². The van der Waals surface area contributed by atoms with Crippen LogP contribution in [-0.4, -0.2) is 9.85 Å². The molecule has 0 heterocycles. The summed E-state index contributed by atoms with van der Waals surface area (Å²) >= 11 is 0. The van der Waals surface area contributed by atoms with Gasteiger partial charge in [0.05, 0.1) is 9.85 Å². The second kappa shape index (κ2) is 4.27. The Morgan fingerprint density at radius 1 is 0.650 bits per heavy atom. The molecule has 6 heteroatoms. The van der Waals surface area contributed by atoms with Gasteiger partial charge < -0.3 is 0 Å². The summed E-state index contributed by atoms with van der Waals surface area (Å²) in [5.74, 6) is 0. The average Bonchev–Trinajstić information content (AvgIpc) is 2.45. The van der Waals surface area contributed by atoms with Gasteiger partial charge in [-0.1, -0.05) is 12.1 Å². The van der Waals surface area contributed by atoms with Gasteiger partial charge in [0, 0.05) is 24.3 Å². The maximum absolute atomic E-state index is 10.8. The lowest BCUT2D eigenvalue weighted by molar-refractivity contribution is -0.384. The Bertz CT molecular complexity index is 801. The highest BCUT2D eigenvalue weighted by molar-refractivity contribution is 6.08. The minimum Gasteiger partial charge on any atom is -0.258 e. The molecule has 0 bridgehead atoms. The first-order valence-corrected chi connectivity index (χ1v) is 5.81. The number of nitro benzene ring substituents is 2. The lowest BCUT2D eigenvalue weighted by Gasteiger charge is -2.03. The molecule has 3 aromatic carbocycles. The number of fused-ring (bicyclic) bond motifs is 3. The Hall–Kier alpha value is -3.02. The van der Waals surface area contributed by atoms with Crippen LogP contribution in [0.25, 0.3) is 21.5 Å². The van der Waals surface area contributed by atoms with Crippen molar-refractivity contribution in [1.82, 2.24) is 0 Å². The molecule has 0 amide bonds. The summed E-state index contributed by atoms with van der Waals surface area (Å²) in [5.41, 5.74) is 0.0533. The third-order valence-corrected chi connectivity index (χ3v) is 3.22. The van der Waals surface area contributed by atoms with Crippen molar-refractivity contribution in [3.05, 3.63) is 68.8 Å². The molecule has 6 nitrogen and oxygen atoms in total. The summed E-state index contributed by atoms with van der Waals surface area (Å²) in [6.45, 7) is 0. The van der Waals surface area contributed by atoms with Gasteiger partial charge in [-0.25, -0.2) is 0 Å². The minimum absolute atomic E-state index is 0.0266. The van der Waals surface area contributed by atoms with Crippen molar-refractivity contribution in [2.45, 2.75) is 0 Å². The number of hydrogen-bond donors (Lipinski definition) is 0. The van der Waals surface area contributed by atoms with Crippen molar-refractivity contribution < 1.29 is 9.85 Å². The molecule has 3 rings (SSSR count). The van der Waals surface area contributed by atoms with E-state index in [0.717, 1.165) is 21.5 Å². The number of hydrogen-bond acceptors (Lipinski definition) is 4. The standard InChI is InChI=1S/C14H8N2O4/c17-15(18)11-3-5-13-9(7-11)1-2-10-8-12(16(19)20)4-6-14(10)13/h1-8H. The van der Waals surface area contributed by atoms with Crippen LogP contribution in [-0.2, 0) is 0 Å². The smallest absolute Gasteiger partial charge is 0.258 e. The van der Waals surface area contributed by atoms with Gasteiger partial charge in [0.15, 0.2) is 0 Å². The number of nitrogens with zero attached hydrogens (tertiary/aromatic N) is 2. The first kappa shape index (κ1) is 12.0. The summed E-state index contributed by atoms with van der Waals surface area (Å²) in [6, 6.07) is 12.7. The monoisotopic (exact) mass is 268 g/mol. The number of non-ortho nitro benzene ring substituents is 2. The minimum atomic E-state index is -0.445. The predicted molar refractivity (Wildman–Crippen MR) is 74.8 cm³/mol. The van der Waals surface area contributed by atoms with Gasteiger partial charge in [-0.05, 0) is 33.7 Å². The van der Waals surface area contributed by atoms with Crippen LogP contribution in [0.4, 0.5) is 11.4 Å². The average molecular weight is 268 g/mol. The summed E-state index contributed by atoms with van der Waals surface area (Å²) in [6.07, 6.45) is 0. The fourth-order valence-corrected chi connectivity index (χ4v) is 2.27. The van der Waals surface area contributed by atoms with Gasteiger partial charge in [0.25, 0.3) is 11.4 Å². The third-order valence-electron chi connectivity index (χ3n) is 3.22. The molecular weight excluding hydrogens is 260 g/mol. The van der Waals surface area contributed by atoms with Crippen LogP contribution < -0.4 is 0 Å². The highest BCUT2D eigenvalue weighted by Crippen LogP contribution is 2.30. The molecule has 98 valence electrons. The molecule has 0 saturated carbocycles. The van der Waals surface area contributed by atoms with Crippen molar-refractivity contribution in [3.63, 3.8) is 0 Å². The summed E-state index contributed by atoms with van der Waals surface area (Å²) in [4.78, 5) is 20.6. The van der Waals surface area contributed by atoms with E-state index in [0.29, 0.717) is 0 Å². The largest absolute Gasteiger partial charge is 0.270 e. The molecular formula is C14H8N2O4. The molecule has 0 aliphatic heterocycles. The SMILES string of the molecule is O=[N+]([O-])c1ccc2c(ccc3cc([N+](=O)[O-])ccc32)c1. The molecule has 3 aromatic rings. The highest BCUT2D eigenvalue weighted by atomic mass is 16.6. The molecule has 0 radical (unpaired) electrons. The van der Waals surface area contributed by atoms with Gasteiger partial charge in [-0.2, -0.15) is 0 Å². The van der Waals surface area contributed by atoms with Crippen LogP contribution >= 0.6 is 0 Å². The van der Waals surface area contributed by atoms with Gasteiger partial charge in [0.2, 0.25) is 0 Å². The Labute approximate surface area is 112 Å². The van der Waals surface area contributed by atoms with E-state index >= 15 is 0 Å². The van der Waals surface area contributed by atoms with E-state index in [-0.39, 0.29) is 11.4 Å². The number of rotatable bonds is 2. The predicted octanol–water partition coefficient (Wildman–Crippen LogP) is 3.81. The van der Waals surface area contributed by atoms with Crippen LogP contribution in [0.3, 0.4) is 0 Å². The lowest BCUT2D eigenvalue weighted by atomic mass is 10.0. The highest BCUT2D eigenvalue weighted by Gasteiger charge is 2.10. The quantitative estimate of drug-likeness (QED) is 0.401. The zero-order chi connectivity index (χ0) is 14.3. The normalized spacial score (nSPS) is 10.8. The number of nitro groups is 2. The van der Waals surface area contributed by atoms with Crippen LogP contribution in [0.1, 0.15) is 0 Å². The fourth-order valence-electron chi connectivity index (χ4n) is 2.27. The molecule has 0 spiro atoms.